The van der Waals surface area contributed by atoms with E-state index in [4.69, 9.17) is 0 Å². The van der Waals surface area contributed by atoms with E-state index in [2.05, 4.69) is 45.0 Å². The zero-order valence-corrected chi connectivity index (χ0v) is 11.7. The van der Waals surface area contributed by atoms with Crippen molar-refractivity contribution in [1.29, 1.82) is 0 Å². The molecule has 0 aromatic heterocycles. The average molecular weight is 220 g/mol. The van der Waals surface area contributed by atoms with E-state index < -0.39 is 0 Å². The number of hydrogen-bond donors (Lipinski definition) is 0. The van der Waals surface area contributed by atoms with Crippen molar-refractivity contribution in [3.05, 3.63) is 35.4 Å². The molecule has 0 saturated heterocycles. The molecule has 0 radical (unpaired) electrons. The van der Waals surface area contributed by atoms with Crippen LogP contribution in [0.15, 0.2) is 24.3 Å². The monoisotopic (exact) mass is 220 g/mol. The molecule has 1 aromatic carbocycles. The van der Waals surface area contributed by atoms with E-state index in [1.54, 1.807) is 0 Å². The predicted octanol–water partition coefficient (Wildman–Crippen LogP) is 5.39. The zero-order chi connectivity index (χ0) is 12.4. The molecule has 0 fully saturated rings. The van der Waals surface area contributed by atoms with Crippen LogP contribution in [-0.4, -0.2) is 0 Å². The van der Waals surface area contributed by atoms with Gasteiger partial charge in [0.1, 0.15) is 0 Å². The quantitative estimate of drug-likeness (QED) is 0.624. The topological polar surface area (TPSA) is 0 Å². The van der Waals surface area contributed by atoms with Crippen LogP contribution in [0.1, 0.15) is 58.1 Å². The zero-order valence-electron chi connectivity index (χ0n) is 11.7. The molecule has 0 saturated carbocycles. The van der Waals surface area contributed by atoms with E-state index in [-0.39, 0.29) is 0 Å². The van der Waals surface area contributed by atoms with E-state index in [0.29, 0.717) is 0 Å². The lowest BCUT2D eigenvalue weighted by Gasteiger charge is -2.09. The van der Waals surface area contributed by atoms with E-state index in [9.17, 15) is 0 Å². The van der Waals surface area contributed by atoms with Gasteiger partial charge >= 0.3 is 0 Å². The predicted molar refractivity (Wildman–Crippen MR) is 74.9 cm³/mol. The molecule has 0 unspecified atom stereocenters. The van der Waals surface area contributed by atoms with Crippen LogP contribution >= 0.6 is 0 Å². The Hall–Kier alpha value is -0.780. The van der Waals surface area contributed by atoms with Gasteiger partial charge in [0.05, 0.1) is 0 Å². The van der Waals surface area contributed by atoms with Crippen LogP contribution in [-0.2, 0) is 6.42 Å². The van der Waals surface area contributed by atoms with Crippen molar-refractivity contribution in [1.82, 2.24) is 0 Å². The van der Waals surface area contributed by atoms with Crippen molar-refractivity contribution in [2.75, 3.05) is 0 Å². The Morgan fingerprint density at radius 1 is 1.00 bits per heavy atom. The Balaban J connectivity index is 0.00000106. The second kappa shape index (κ2) is 9.45. The molecular weight excluding hydrogens is 192 g/mol. The summed E-state index contributed by atoms with van der Waals surface area (Å²) in [4.78, 5) is 0. The van der Waals surface area contributed by atoms with Gasteiger partial charge in [-0.05, 0) is 31.2 Å². The van der Waals surface area contributed by atoms with E-state index >= 15 is 0 Å². The third-order valence-electron chi connectivity index (χ3n) is 2.83. The van der Waals surface area contributed by atoms with Crippen molar-refractivity contribution in [2.45, 2.75) is 60.3 Å². The van der Waals surface area contributed by atoms with E-state index in [1.165, 1.54) is 36.8 Å². The minimum absolute atomic E-state index is 0.876. The molecule has 0 amide bonds. The Kier molecular flexibility index (Phi) is 8.99. The summed E-state index contributed by atoms with van der Waals surface area (Å²) in [7, 11) is 0. The van der Waals surface area contributed by atoms with Crippen molar-refractivity contribution < 1.29 is 0 Å². The minimum atomic E-state index is 0.876. The number of rotatable bonds is 5. The lowest BCUT2D eigenvalue weighted by atomic mass is 9.97. The summed E-state index contributed by atoms with van der Waals surface area (Å²) in [6.07, 6.45) is 5.25. The third kappa shape index (κ3) is 6.66. The van der Waals surface area contributed by atoms with E-state index in [1.807, 2.05) is 13.8 Å². The summed E-state index contributed by atoms with van der Waals surface area (Å²) in [6.45, 7) is 10.8. The Bertz CT molecular complexity index is 245. The van der Waals surface area contributed by atoms with Crippen LogP contribution in [0, 0.1) is 12.8 Å². The maximum Gasteiger partial charge on any atom is -0.0276 e. The molecule has 1 atom stereocenters. The maximum atomic E-state index is 2.36. The smallest absolute Gasteiger partial charge is 0.0276 e. The fourth-order valence-electron chi connectivity index (χ4n) is 1.80. The largest absolute Gasteiger partial charge is 0.0683 e. The molecule has 1 rings (SSSR count). The van der Waals surface area contributed by atoms with Crippen LogP contribution in [0.2, 0.25) is 0 Å². The molecule has 0 aliphatic carbocycles. The number of aryl methyl sites for hydroxylation is 2. The van der Waals surface area contributed by atoms with Gasteiger partial charge in [-0.2, -0.15) is 0 Å². The summed E-state index contributed by atoms with van der Waals surface area (Å²) in [6, 6.07) is 8.93. The van der Waals surface area contributed by atoms with Gasteiger partial charge in [-0.3, -0.25) is 0 Å². The lowest BCUT2D eigenvalue weighted by molar-refractivity contribution is 0.486. The normalized spacial score (nSPS) is 11.6. The number of benzene rings is 1. The van der Waals surface area contributed by atoms with Crippen molar-refractivity contribution in [3.8, 4) is 0 Å². The highest BCUT2D eigenvalue weighted by Gasteiger charge is 2.00. The molecule has 16 heavy (non-hydrogen) atoms. The van der Waals surface area contributed by atoms with Crippen LogP contribution in [0.25, 0.3) is 0 Å². The summed E-state index contributed by atoms with van der Waals surface area (Å²) >= 11 is 0. The fourth-order valence-corrected chi connectivity index (χ4v) is 1.80. The molecule has 0 spiro atoms. The SMILES string of the molecule is CC.CCC[C@H](C)CCc1ccc(C)cc1. The molecule has 1 aromatic rings. The van der Waals surface area contributed by atoms with Gasteiger partial charge in [0, 0.05) is 0 Å². The first-order valence-electron chi connectivity index (χ1n) is 6.78. The first-order chi connectivity index (χ1) is 7.72. The van der Waals surface area contributed by atoms with Gasteiger partial charge in [0.2, 0.25) is 0 Å². The van der Waals surface area contributed by atoms with Gasteiger partial charge in [-0.15, -0.1) is 0 Å². The maximum absolute atomic E-state index is 2.36. The van der Waals surface area contributed by atoms with Crippen LogP contribution in [0.5, 0.6) is 0 Å². The molecule has 92 valence electrons. The molecule has 0 aliphatic heterocycles. The van der Waals surface area contributed by atoms with Gasteiger partial charge in [0.15, 0.2) is 0 Å². The highest BCUT2D eigenvalue weighted by atomic mass is 14.1. The van der Waals surface area contributed by atoms with Crippen LogP contribution < -0.4 is 0 Å². The molecule has 0 heterocycles. The minimum Gasteiger partial charge on any atom is -0.0683 e. The second-order valence-electron chi connectivity index (χ2n) is 4.42. The fraction of sp³-hybridized carbons (Fsp3) is 0.625. The number of hydrogen-bond acceptors (Lipinski definition) is 0. The summed E-state index contributed by atoms with van der Waals surface area (Å²) in [5.74, 6) is 0.876. The molecule has 0 heteroatoms. The Labute approximate surface area is 102 Å². The standard InChI is InChI=1S/C14H22.C2H6/c1-4-5-12(2)6-9-14-10-7-13(3)8-11-14;1-2/h7-8,10-12H,4-6,9H2,1-3H3;1-2H3/t12-;/m0./s1. The second-order valence-corrected chi connectivity index (χ2v) is 4.42. The first kappa shape index (κ1) is 15.2. The lowest BCUT2D eigenvalue weighted by Crippen LogP contribution is -1.96. The van der Waals surface area contributed by atoms with Crippen molar-refractivity contribution >= 4 is 0 Å². The summed E-state index contributed by atoms with van der Waals surface area (Å²) < 4.78 is 0. The summed E-state index contributed by atoms with van der Waals surface area (Å²) in [5, 5.41) is 0. The third-order valence-corrected chi connectivity index (χ3v) is 2.83. The van der Waals surface area contributed by atoms with Gasteiger partial charge < -0.3 is 0 Å². The van der Waals surface area contributed by atoms with Crippen LogP contribution in [0.4, 0.5) is 0 Å². The van der Waals surface area contributed by atoms with Gasteiger partial charge in [-0.25, -0.2) is 0 Å². The highest BCUT2D eigenvalue weighted by molar-refractivity contribution is 5.21. The summed E-state index contributed by atoms with van der Waals surface area (Å²) in [5.41, 5.74) is 2.84. The average Bonchev–Trinajstić information content (AvgIpc) is 2.31. The Morgan fingerprint density at radius 2 is 1.56 bits per heavy atom. The first-order valence-corrected chi connectivity index (χ1v) is 6.78. The molecule has 0 N–H and O–H groups in total. The van der Waals surface area contributed by atoms with Gasteiger partial charge in [-0.1, -0.05) is 70.4 Å². The molecular formula is C16H28. The van der Waals surface area contributed by atoms with Crippen LogP contribution in [0.3, 0.4) is 0 Å². The molecule has 0 aliphatic rings. The van der Waals surface area contributed by atoms with Crippen molar-refractivity contribution in [2.24, 2.45) is 5.92 Å². The van der Waals surface area contributed by atoms with Gasteiger partial charge in [0.25, 0.3) is 0 Å². The Morgan fingerprint density at radius 3 is 2.06 bits per heavy atom. The van der Waals surface area contributed by atoms with E-state index in [0.717, 1.165) is 5.92 Å². The molecule has 0 nitrogen and oxygen atoms in total. The van der Waals surface area contributed by atoms with Crippen molar-refractivity contribution in [3.63, 3.8) is 0 Å². The highest BCUT2D eigenvalue weighted by Crippen LogP contribution is 2.14. The molecule has 0 bridgehead atoms.